The highest BCUT2D eigenvalue weighted by Gasteiger charge is 2.19. The first-order chi connectivity index (χ1) is 9.27. The van der Waals surface area contributed by atoms with Crippen molar-refractivity contribution in [2.45, 2.75) is 30.7 Å². The summed E-state index contributed by atoms with van der Waals surface area (Å²) in [5, 5.41) is 2.73. The third-order valence-electron chi connectivity index (χ3n) is 2.69. The van der Waals surface area contributed by atoms with Gasteiger partial charge in [-0.15, -0.1) is 0 Å². The van der Waals surface area contributed by atoms with Crippen molar-refractivity contribution in [3.05, 3.63) is 30.3 Å². The summed E-state index contributed by atoms with van der Waals surface area (Å²) in [5.74, 6) is -0.240. The molecule has 1 aromatic carbocycles. The molecule has 1 rings (SSSR count). The maximum atomic E-state index is 11.9. The Morgan fingerprint density at radius 1 is 1.25 bits per heavy atom. The summed E-state index contributed by atoms with van der Waals surface area (Å²) in [7, 11) is -3.56. The zero-order valence-electron chi connectivity index (χ0n) is 11.7. The van der Waals surface area contributed by atoms with Crippen LogP contribution in [0, 0.1) is 0 Å². The third kappa shape index (κ3) is 5.28. The van der Waals surface area contributed by atoms with Crippen molar-refractivity contribution >= 4 is 15.9 Å². The fraction of sp³-hybridized carbons (Fsp3) is 0.462. The lowest BCUT2D eigenvalue weighted by Crippen LogP contribution is -2.49. The van der Waals surface area contributed by atoms with Crippen molar-refractivity contribution in [1.82, 2.24) is 10.0 Å². The number of rotatable bonds is 7. The summed E-state index contributed by atoms with van der Waals surface area (Å²) in [6.07, 6.45) is 0.0650. The summed E-state index contributed by atoms with van der Waals surface area (Å²) in [4.78, 5) is 11.8. The van der Waals surface area contributed by atoms with Gasteiger partial charge < -0.3 is 11.1 Å². The highest BCUT2D eigenvalue weighted by molar-refractivity contribution is 7.89. The van der Waals surface area contributed by atoms with E-state index in [2.05, 4.69) is 10.0 Å². The quantitative estimate of drug-likeness (QED) is 0.670. The van der Waals surface area contributed by atoms with Crippen molar-refractivity contribution in [1.29, 1.82) is 0 Å². The van der Waals surface area contributed by atoms with Crippen LogP contribution in [0.4, 0.5) is 0 Å². The van der Waals surface area contributed by atoms with Crippen LogP contribution in [-0.4, -0.2) is 33.0 Å². The molecule has 1 amide bonds. The smallest absolute Gasteiger partial charge is 0.240 e. The van der Waals surface area contributed by atoms with Gasteiger partial charge in [0.05, 0.1) is 4.90 Å². The molecule has 0 bridgehead atoms. The standard InChI is InChI=1S/C13H21N3O3S/c1-13(2,10-14)16-12(17)8-9-15-20(18,19)11-6-4-3-5-7-11/h3-7,15H,8-10,14H2,1-2H3,(H,16,17). The van der Waals surface area contributed by atoms with Gasteiger partial charge in [-0.2, -0.15) is 0 Å². The van der Waals surface area contributed by atoms with E-state index in [4.69, 9.17) is 5.73 Å². The second-order valence-corrected chi connectivity index (χ2v) is 6.86. The maximum Gasteiger partial charge on any atom is 0.240 e. The van der Waals surface area contributed by atoms with E-state index in [0.29, 0.717) is 6.54 Å². The van der Waals surface area contributed by atoms with Gasteiger partial charge in [0.1, 0.15) is 0 Å². The number of sulfonamides is 1. The molecule has 0 aliphatic heterocycles. The molecule has 0 aliphatic carbocycles. The first-order valence-corrected chi connectivity index (χ1v) is 7.81. The number of benzene rings is 1. The Morgan fingerprint density at radius 3 is 2.40 bits per heavy atom. The fourth-order valence-corrected chi connectivity index (χ4v) is 2.53. The van der Waals surface area contributed by atoms with Crippen LogP contribution in [0.25, 0.3) is 0 Å². The van der Waals surface area contributed by atoms with Gasteiger partial charge >= 0.3 is 0 Å². The second kappa shape index (κ2) is 6.83. The molecule has 0 heterocycles. The van der Waals surface area contributed by atoms with E-state index in [1.165, 1.54) is 12.1 Å². The van der Waals surface area contributed by atoms with E-state index >= 15 is 0 Å². The molecule has 0 aromatic heterocycles. The number of hydrogen-bond acceptors (Lipinski definition) is 4. The zero-order chi connectivity index (χ0) is 15.2. The number of carbonyl (C=O) groups is 1. The molecule has 0 radical (unpaired) electrons. The summed E-state index contributed by atoms with van der Waals surface area (Å²) < 4.78 is 26.2. The van der Waals surface area contributed by atoms with Gasteiger partial charge in [0.15, 0.2) is 0 Å². The average Bonchev–Trinajstić information content (AvgIpc) is 2.39. The average molecular weight is 299 g/mol. The van der Waals surface area contributed by atoms with Crippen molar-refractivity contribution in [2.24, 2.45) is 5.73 Å². The van der Waals surface area contributed by atoms with Gasteiger partial charge in [0.2, 0.25) is 15.9 Å². The number of amides is 1. The Kier molecular flexibility index (Phi) is 5.67. The third-order valence-corrected chi connectivity index (χ3v) is 4.16. The monoisotopic (exact) mass is 299 g/mol. The predicted octanol–water partition coefficient (Wildman–Crippen LogP) is 0.209. The minimum Gasteiger partial charge on any atom is -0.350 e. The summed E-state index contributed by atoms with van der Waals surface area (Å²) >= 11 is 0. The van der Waals surface area contributed by atoms with E-state index in [-0.39, 0.29) is 23.8 Å². The molecular formula is C13H21N3O3S. The van der Waals surface area contributed by atoms with E-state index < -0.39 is 15.6 Å². The first-order valence-electron chi connectivity index (χ1n) is 6.33. The van der Waals surface area contributed by atoms with E-state index in [0.717, 1.165) is 0 Å². The Balaban J connectivity index is 2.47. The highest BCUT2D eigenvalue weighted by Crippen LogP contribution is 2.06. The van der Waals surface area contributed by atoms with E-state index in [1.54, 1.807) is 32.0 Å². The Morgan fingerprint density at radius 2 is 1.85 bits per heavy atom. The minimum atomic E-state index is -3.56. The number of nitrogens with two attached hydrogens (primary N) is 1. The predicted molar refractivity (Wildman–Crippen MR) is 77.5 cm³/mol. The summed E-state index contributed by atoms with van der Waals surface area (Å²) in [6.45, 7) is 3.97. The molecule has 0 spiro atoms. The van der Waals surface area contributed by atoms with Crippen molar-refractivity contribution in [3.63, 3.8) is 0 Å². The van der Waals surface area contributed by atoms with Crippen LogP contribution in [0.2, 0.25) is 0 Å². The van der Waals surface area contributed by atoms with E-state index in [1.807, 2.05) is 0 Å². The lowest BCUT2D eigenvalue weighted by molar-refractivity contribution is -0.122. The number of carbonyl (C=O) groups excluding carboxylic acids is 1. The Hall–Kier alpha value is -1.44. The molecule has 6 nitrogen and oxygen atoms in total. The summed E-state index contributed by atoms with van der Waals surface area (Å²) in [6, 6.07) is 8.03. The number of hydrogen-bond donors (Lipinski definition) is 3. The van der Waals surface area contributed by atoms with Crippen LogP contribution in [0.3, 0.4) is 0 Å². The SMILES string of the molecule is CC(C)(CN)NC(=O)CCNS(=O)(=O)c1ccccc1. The lowest BCUT2D eigenvalue weighted by atomic mass is 10.1. The second-order valence-electron chi connectivity index (χ2n) is 5.10. The topological polar surface area (TPSA) is 101 Å². The van der Waals surface area contributed by atoms with E-state index in [9.17, 15) is 13.2 Å². The first kappa shape index (κ1) is 16.6. The van der Waals surface area contributed by atoms with Gasteiger partial charge in [0.25, 0.3) is 0 Å². The highest BCUT2D eigenvalue weighted by atomic mass is 32.2. The van der Waals surface area contributed by atoms with Crippen LogP contribution in [0.1, 0.15) is 20.3 Å². The molecule has 4 N–H and O–H groups in total. The molecule has 112 valence electrons. The molecule has 0 aliphatic rings. The van der Waals surface area contributed by atoms with Crippen LogP contribution in [0.5, 0.6) is 0 Å². The van der Waals surface area contributed by atoms with Crippen molar-refractivity contribution in [3.8, 4) is 0 Å². The minimum absolute atomic E-state index is 0.0453. The molecule has 0 unspecified atom stereocenters. The zero-order valence-corrected chi connectivity index (χ0v) is 12.5. The van der Waals surface area contributed by atoms with Gasteiger partial charge in [-0.1, -0.05) is 18.2 Å². The lowest BCUT2D eigenvalue weighted by Gasteiger charge is -2.24. The van der Waals surface area contributed by atoms with Crippen LogP contribution < -0.4 is 15.8 Å². The van der Waals surface area contributed by atoms with Crippen molar-refractivity contribution in [2.75, 3.05) is 13.1 Å². The Labute approximate surface area is 119 Å². The molecule has 0 fully saturated rings. The van der Waals surface area contributed by atoms with Gasteiger partial charge in [0, 0.05) is 25.0 Å². The van der Waals surface area contributed by atoms with Gasteiger partial charge in [-0.05, 0) is 26.0 Å². The molecule has 7 heteroatoms. The fourth-order valence-electron chi connectivity index (χ4n) is 1.47. The molecule has 0 atom stereocenters. The number of nitrogens with one attached hydrogen (secondary N) is 2. The largest absolute Gasteiger partial charge is 0.350 e. The van der Waals surface area contributed by atoms with Crippen LogP contribution in [-0.2, 0) is 14.8 Å². The molecule has 20 heavy (non-hydrogen) atoms. The van der Waals surface area contributed by atoms with Gasteiger partial charge in [-0.25, -0.2) is 13.1 Å². The van der Waals surface area contributed by atoms with Crippen LogP contribution >= 0.6 is 0 Å². The maximum absolute atomic E-state index is 11.9. The summed E-state index contributed by atoms with van der Waals surface area (Å²) in [5.41, 5.74) is 5.01. The van der Waals surface area contributed by atoms with Gasteiger partial charge in [-0.3, -0.25) is 4.79 Å². The molecule has 0 saturated heterocycles. The Bertz CT molecular complexity index is 541. The molecule has 1 aromatic rings. The normalized spacial score (nSPS) is 12.2. The van der Waals surface area contributed by atoms with Crippen molar-refractivity contribution < 1.29 is 13.2 Å². The van der Waals surface area contributed by atoms with Crippen LogP contribution in [0.15, 0.2) is 35.2 Å². The molecule has 0 saturated carbocycles. The molecular weight excluding hydrogens is 278 g/mol.